The van der Waals surface area contributed by atoms with Crippen molar-refractivity contribution < 1.29 is 14.0 Å². The molecule has 1 atom stereocenters. The molecule has 0 saturated carbocycles. The molecule has 0 fully saturated rings. The lowest BCUT2D eigenvalue weighted by Crippen LogP contribution is -2.33. The molecule has 7 nitrogen and oxygen atoms in total. The third-order valence-corrected chi connectivity index (χ3v) is 4.96. The van der Waals surface area contributed by atoms with Crippen molar-refractivity contribution in [1.82, 2.24) is 15.5 Å². The molecule has 0 unspecified atom stereocenters. The third kappa shape index (κ3) is 6.02. The number of anilines is 1. The van der Waals surface area contributed by atoms with Crippen LogP contribution in [-0.4, -0.2) is 28.1 Å². The molecule has 2 amide bonds. The van der Waals surface area contributed by atoms with Gasteiger partial charge in [0, 0.05) is 31.0 Å². The number of para-hydroxylation sites is 1. The average Bonchev–Trinajstić information content (AvgIpc) is 3.34. The first kappa shape index (κ1) is 19.8. The predicted molar refractivity (Wildman–Crippen MR) is 107 cm³/mol. The highest BCUT2D eigenvalue weighted by Crippen LogP contribution is 2.15. The van der Waals surface area contributed by atoms with Crippen LogP contribution >= 0.6 is 11.3 Å². The Morgan fingerprint density at radius 1 is 1.14 bits per heavy atom. The maximum Gasteiger partial charge on any atom is 0.286 e. The molecule has 28 heavy (non-hydrogen) atoms. The van der Waals surface area contributed by atoms with E-state index in [1.54, 1.807) is 6.26 Å². The molecular formula is C20H22N4O3S. The van der Waals surface area contributed by atoms with E-state index in [0.717, 1.165) is 10.8 Å². The highest BCUT2D eigenvalue weighted by molar-refractivity contribution is 7.13. The number of carbonyl (C=O) groups excluding carboxylic acids is 2. The van der Waals surface area contributed by atoms with E-state index in [1.165, 1.54) is 11.3 Å². The van der Waals surface area contributed by atoms with E-state index in [0.29, 0.717) is 36.4 Å². The van der Waals surface area contributed by atoms with Crippen LogP contribution in [0.1, 0.15) is 40.3 Å². The minimum Gasteiger partial charge on any atom is -0.469 e. The Bertz CT molecular complexity index is 893. The van der Waals surface area contributed by atoms with E-state index in [9.17, 15) is 9.59 Å². The van der Waals surface area contributed by atoms with Crippen molar-refractivity contribution >= 4 is 28.8 Å². The molecule has 0 bridgehead atoms. The van der Waals surface area contributed by atoms with Gasteiger partial charge >= 0.3 is 0 Å². The van der Waals surface area contributed by atoms with Crippen LogP contribution in [0.5, 0.6) is 0 Å². The number of nitrogens with one attached hydrogen (secondary N) is 2. The average molecular weight is 398 g/mol. The quantitative estimate of drug-likeness (QED) is 0.575. The maximum atomic E-state index is 12.2. The number of amides is 2. The lowest BCUT2D eigenvalue weighted by molar-refractivity contribution is -0.121. The Morgan fingerprint density at radius 2 is 1.96 bits per heavy atom. The number of aromatic nitrogens is 2. The summed E-state index contributed by atoms with van der Waals surface area (Å²) in [6.07, 6.45) is 3.94. The molecule has 0 radical (unpaired) electrons. The number of hydrogen-bond acceptors (Lipinski definition) is 6. The van der Waals surface area contributed by atoms with Crippen LogP contribution < -0.4 is 10.6 Å². The summed E-state index contributed by atoms with van der Waals surface area (Å²) in [5, 5.41) is 14.8. The van der Waals surface area contributed by atoms with Gasteiger partial charge in [-0.15, -0.1) is 10.2 Å². The summed E-state index contributed by atoms with van der Waals surface area (Å²) in [7, 11) is 0. The van der Waals surface area contributed by atoms with Crippen molar-refractivity contribution in [2.24, 2.45) is 0 Å². The fourth-order valence-corrected chi connectivity index (χ4v) is 3.46. The molecule has 0 aliphatic heterocycles. The standard InChI is InChI=1S/C20H22N4O3S/c1-14(13-16-9-6-12-27-16)21-17(25)10-5-11-18-23-24-20(28-18)19(26)22-15-7-3-2-4-8-15/h2-4,6-9,12,14H,5,10-11,13H2,1H3,(H,21,25)(H,22,26)/t14-/m1/s1. The first-order valence-corrected chi connectivity index (χ1v) is 9.92. The van der Waals surface area contributed by atoms with Crippen LogP contribution in [-0.2, 0) is 17.6 Å². The smallest absolute Gasteiger partial charge is 0.286 e. The molecule has 0 aliphatic rings. The second kappa shape index (κ2) is 9.80. The molecule has 2 aromatic heterocycles. The summed E-state index contributed by atoms with van der Waals surface area (Å²) in [5.41, 5.74) is 0.713. The Labute approximate surface area is 167 Å². The Balaban J connectivity index is 1.39. The van der Waals surface area contributed by atoms with Crippen LogP contribution in [0.25, 0.3) is 0 Å². The van der Waals surface area contributed by atoms with E-state index >= 15 is 0 Å². The van der Waals surface area contributed by atoms with Crippen molar-refractivity contribution in [3.63, 3.8) is 0 Å². The monoisotopic (exact) mass is 398 g/mol. The topological polar surface area (TPSA) is 97.1 Å². The Kier molecular flexibility index (Phi) is 6.91. The van der Waals surface area contributed by atoms with Gasteiger partial charge in [-0.1, -0.05) is 29.5 Å². The van der Waals surface area contributed by atoms with E-state index < -0.39 is 0 Å². The number of hydrogen-bond donors (Lipinski definition) is 2. The van der Waals surface area contributed by atoms with Crippen molar-refractivity contribution in [3.8, 4) is 0 Å². The first-order chi connectivity index (χ1) is 13.6. The molecule has 0 spiro atoms. The van der Waals surface area contributed by atoms with E-state index in [1.807, 2.05) is 49.4 Å². The number of carbonyl (C=O) groups is 2. The van der Waals surface area contributed by atoms with Gasteiger partial charge in [0.25, 0.3) is 5.91 Å². The van der Waals surface area contributed by atoms with Gasteiger partial charge in [0.15, 0.2) is 0 Å². The molecule has 0 saturated heterocycles. The SMILES string of the molecule is C[C@H](Cc1ccco1)NC(=O)CCCc1nnc(C(=O)Nc2ccccc2)s1. The normalized spacial score (nSPS) is 11.8. The van der Waals surface area contributed by atoms with Crippen molar-refractivity contribution in [2.75, 3.05) is 5.32 Å². The summed E-state index contributed by atoms with van der Waals surface area (Å²) in [5.74, 6) is 0.563. The van der Waals surface area contributed by atoms with Gasteiger partial charge in [-0.05, 0) is 37.6 Å². The lowest BCUT2D eigenvalue weighted by Gasteiger charge is -2.12. The van der Waals surface area contributed by atoms with Crippen LogP contribution in [0.2, 0.25) is 0 Å². The summed E-state index contributed by atoms with van der Waals surface area (Å²) in [6, 6.07) is 12.9. The zero-order chi connectivity index (χ0) is 19.8. The first-order valence-electron chi connectivity index (χ1n) is 9.10. The van der Waals surface area contributed by atoms with Gasteiger partial charge in [0.05, 0.1) is 6.26 Å². The lowest BCUT2D eigenvalue weighted by atomic mass is 10.1. The van der Waals surface area contributed by atoms with Gasteiger partial charge in [-0.2, -0.15) is 0 Å². The predicted octanol–water partition coefficient (Wildman–Crippen LogP) is 3.45. The van der Waals surface area contributed by atoms with E-state index in [-0.39, 0.29) is 17.9 Å². The van der Waals surface area contributed by atoms with Crippen LogP contribution in [0, 0.1) is 0 Å². The highest BCUT2D eigenvalue weighted by atomic mass is 32.1. The van der Waals surface area contributed by atoms with Gasteiger partial charge in [0.2, 0.25) is 10.9 Å². The fraction of sp³-hybridized carbons (Fsp3) is 0.300. The third-order valence-electron chi connectivity index (χ3n) is 3.98. The molecule has 1 aromatic carbocycles. The second-order valence-corrected chi connectivity index (χ2v) is 7.49. The molecular weight excluding hydrogens is 376 g/mol. The van der Waals surface area contributed by atoms with Crippen molar-refractivity contribution in [1.29, 1.82) is 0 Å². The van der Waals surface area contributed by atoms with Crippen LogP contribution in [0.15, 0.2) is 53.1 Å². The zero-order valence-electron chi connectivity index (χ0n) is 15.6. The van der Waals surface area contributed by atoms with Crippen molar-refractivity contribution in [2.45, 2.75) is 38.6 Å². The molecule has 3 aromatic rings. The van der Waals surface area contributed by atoms with Gasteiger partial charge in [-0.3, -0.25) is 9.59 Å². The minimum absolute atomic E-state index is 0.00784. The summed E-state index contributed by atoms with van der Waals surface area (Å²) < 4.78 is 5.29. The number of furan rings is 1. The largest absolute Gasteiger partial charge is 0.469 e. The number of benzene rings is 1. The van der Waals surface area contributed by atoms with Crippen LogP contribution in [0.3, 0.4) is 0 Å². The molecule has 8 heteroatoms. The Hall–Kier alpha value is -3.00. The number of nitrogens with zero attached hydrogens (tertiary/aromatic N) is 2. The van der Waals surface area contributed by atoms with Crippen LogP contribution in [0.4, 0.5) is 5.69 Å². The van der Waals surface area contributed by atoms with Crippen molar-refractivity contribution in [3.05, 3.63) is 64.5 Å². The van der Waals surface area contributed by atoms with Gasteiger partial charge in [-0.25, -0.2) is 0 Å². The molecule has 146 valence electrons. The minimum atomic E-state index is -0.278. The zero-order valence-corrected chi connectivity index (χ0v) is 16.4. The number of aryl methyl sites for hydroxylation is 1. The van der Waals surface area contributed by atoms with E-state index in [2.05, 4.69) is 20.8 Å². The molecule has 3 rings (SSSR count). The highest BCUT2D eigenvalue weighted by Gasteiger charge is 2.14. The van der Waals surface area contributed by atoms with Gasteiger partial charge in [0.1, 0.15) is 10.8 Å². The number of rotatable bonds is 9. The second-order valence-electron chi connectivity index (χ2n) is 6.43. The van der Waals surface area contributed by atoms with E-state index in [4.69, 9.17) is 4.42 Å². The molecule has 2 heterocycles. The van der Waals surface area contributed by atoms with Gasteiger partial charge < -0.3 is 15.1 Å². The Morgan fingerprint density at radius 3 is 2.71 bits per heavy atom. The summed E-state index contributed by atoms with van der Waals surface area (Å²) in [4.78, 5) is 24.2. The molecule has 2 N–H and O–H groups in total. The molecule has 0 aliphatic carbocycles. The fourth-order valence-electron chi connectivity index (χ4n) is 2.68. The summed E-state index contributed by atoms with van der Waals surface area (Å²) >= 11 is 1.25. The summed E-state index contributed by atoms with van der Waals surface area (Å²) in [6.45, 7) is 1.95. The maximum absolute atomic E-state index is 12.2.